The van der Waals surface area contributed by atoms with Crippen LogP contribution in [0.25, 0.3) is 0 Å². The molecule has 1 aromatic carbocycles. The van der Waals surface area contributed by atoms with Crippen LogP contribution in [0, 0.1) is 5.41 Å². The molecule has 0 fully saturated rings. The number of hydrogen-bond donors (Lipinski definition) is 1. The number of halogens is 1. The molecule has 1 atom stereocenters. The van der Waals surface area contributed by atoms with Gasteiger partial charge in [-0.05, 0) is 29.0 Å². The first-order chi connectivity index (χ1) is 9.84. The Labute approximate surface area is 130 Å². The molecular weight excluding hydrogens is 290 g/mol. The van der Waals surface area contributed by atoms with Gasteiger partial charge in [-0.15, -0.1) is 0 Å². The average molecular weight is 312 g/mol. The summed E-state index contributed by atoms with van der Waals surface area (Å²) in [4.78, 5) is 23.2. The lowest BCUT2D eigenvalue weighted by Gasteiger charge is -2.27. The third-order valence-electron chi connectivity index (χ3n) is 3.49. The monoisotopic (exact) mass is 311 g/mol. The van der Waals surface area contributed by atoms with Crippen LogP contribution in [0.2, 0.25) is 0 Å². The second-order valence-corrected chi connectivity index (χ2v) is 6.16. The van der Waals surface area contributed by atoms with Gasteiger partial charge >= 0.3 is 6.09 Å². The van der Waals surface area contributed by atoms with Gasteiger partial charge in [-0.3, -0.25) is 4.79 Å². The Bertz CT molecular complexity index is 474. The van der Waals surface area contributed by atoms with Gasteiger partial charge in [0.1, 0.15) is 12.6 Å². The minimum Gasteiger partial charge on any atom is -0.445 e. The zero-order chi connectivity index (χ0) is 15.9. The van der Waals surface area contributed by atoms with Crippen molar-refractivity contribution in [3.63, 3.8) is 0 Å². The van der Waals surface area contributed by atoms with E-state index in [9.17, 15) is 9.59 Å². The van der Waals surface area contributed by atoms with Crippen LogP contribution in [0.15, 0.2) is 30.3 Å². The quantitative estimate of drug-likeness (QED) is 0.778. The lowest BCUT2D eigenvalue weighted by atomic mass is 9.83. The normalized spacial score (nSPS) is 12.6. The summed E-state index contributed by atoms with van der Waals surface area (Å²) in [6, 6.07) is 8.61. The fraction of sp³-hybridized carbons (Fsp3) is 0.500. The number of carbonyl (C=O) groups is 2. The van der Waals surface area contributed by atoms with E-state index in [0.29, 0.717) is 6.42 Å². The van der Waals surface area contributed by atoms with E-state index >= 15 is 0 Å². The van der Waals surface area contributed by atoms with Gasteiger partial charge in [0.25, 0.3) is 0 Å². The molecule has 0 aliphatic rings. The van der Waals surface area contributed by atoms with E-state index < -0.39 is 17.4 Å². The van der Waals surface area contributed by atoms with Gasteiger partial charge in [0.15, 0.2) is 0 Å². The topological polar surface area (TPSA) is 55.4 Å². The fourth-order valence-electron chi connectivity index (χ4n) is 1.79. The van der Waals surface area contributed by atoms with Gasteiger partial charge < -0.3 is 10.1 Å². The van der Waals surface area contributed by atoms with E-state index in [2.05, 4.69) is 5.32 Å². The summed E-state index contributed by atoms with van der Waals surface area (Å²) in [7, 11) is 0. The number of hydrogen-bond acceptors (Lipinski definition) is 3. The molecule has 116 valence electrons. The van der Waals surface area contributed by atoms with Gasteiger partial charge in [-0.25, -0.2) is 4.79 Å². The fourth-order valence-corrected chi connectivity index (χ4v) is 1.92. The number of carbonyl (C=O) groups excluding carboxylic acids is 2. The second-order valence-electron chi connectivity index (χ2n) is 5.78. The van der Waals surface area contributed by atoms with Crippen molar-refractivity contribution in [3.05, 3.63) is 35.9 Å². The van der Waals surface area contributed by atoms with Crippen LogP contribution in [0.3, 0.4) is 0 Å². The molecule has 0 aromatic heterocycles. The standard InChI is InChI=1S/C16H22ClNO3/c1-4-16(2,3)10-13(14(17)19)18-15(20)21-11-12-8-6-5-7-9-12/h5-9,13H,4,10-11H2,1-3H3,(H,18,20)/t13-/m0/s1. The first-order valence-electron chi connectivity index (χ1n) is 7.00. The molecule has 0 saturated carbocycles. The van der Waals surface area contributed by atoms with Crippen molar-refractivity contribution in [2.24, 2.45) is 5.41 Å². The molecule has 4 nitrogen and oxygen atoms in total. The van der Waals surface area contributed by atoms with Gasteiger partial charge in [0.2, 0.25) is 5.24 Å². The molecule has 5 heteroatoms. The van der Waals surface area contributed by atoms with E-state index in [1.54, 1.807) is 0 Å². The summed E-state index contributed by atoms with van der Waals surface area (Å²) < 4.78 is 5.10. The lowest BCUT2D eigenvalue weighted by Crippen LogP contribution is -2.42. The highest BCUT2D eigenvalue weighted by molar-refractivity contribution is 6.64. The first kappa shape index (κ1) is 17.5. The maximum absolute atomic E-state index is 11.8. The van der Waals surface area contributed by atoms with Crippen LogP contribution in [0.1, 0.15) is 39.2 Å². The van der Waals surface area contributed by atoms with Crippen LogP contribution in [0.5, 0.6) is 0 Å². The maximum atomic E-state index is 11.8. The molecule has 0 aliphatic carbocycles. The maximum Gasteiger partial charge on any atom is 0.408 e. The van der Waals surface area contributed by atoms with Crippen LogP contribution in [-0.2, 0) is 16.1 Å². The molecule has 0 spiro atoms. The number of ether oxygens (including phenoxy) is 1. The highest BCUT2D eigenvalue weighted by atomic mass is 35.5. The minimum absolute atomic E-state index is 0.0814. The third-order valence-corrected chi connectivity index (χ3v) is 3.76. The molecule has 0 saturated heterocycles. The third kappa shape index (κ3) is 6.63. The molecule has 0 aliphatic heterocycles. The summed E-state index contributed by atoms with van der Waals surface area (Å²) in [5.41, 5.74) is 0.803. The molecule has 0 radical (unpaired) electrons. The average Bonchev–Trinajstić information content (AvgIpc) is 2.45. The summed E-state index contributed by atoms with van der Waals surface area (Å²) in [5, 5.41) is 1.96. The zero-order valence-corrected chi connectivity index (χ0v) is 13.4. The van der Waals surface area contributed by atoms with Crippen molar-refractivity contribution in [3.8, 4) is 0 Å². The Morgan fingerprint density at radius 1 is 1.29 bits per heavy atom. The number of amides is 1. The summed E-state index contributed by atoms with van der Waals surface area (Å²) in [6.07, 6.45) is 0.727. The molecule has 0 heterocycles. The Kier molecular flexibility index (Phi) is 6.69. The Morgan fingerprint density at radius 2 is 1.90 bits per heavy atom. The molecular formula is C16H22ClNO3. The van der Waals surface area contributed by atoms with Gasteiger partial charge in [-0.1, -0.05) is 57.5 Å². The van der Waals surface area contributed by atoms with Crippen molar-refractivity contribution in [1.82, 2.24) is 5.32 Å². The number of benzene rings is 1. The highest BCUT2D eigenvalue weighted by Crippen LogP contribution is 2.26. The van der Waals surface area contributed by atoms with E-state index in [0.717, 1.165) is 12.0 Å². The second kappa shape index (κ2) is 8.03. The predicted octanol–water partition coefficient (Wildman–Crippen LogP) is 3.87. The molecule has 1 amide bonds. The Morgan fingerprint density at radius 3 is 2.43 bits per heavy atom. The van der Waals surface area contributed by atoms with E-state index in [4.69, 9.17) is 16.3 Å². The largest absolute Gasteiger partial charge is 0.445 e. The Balaban J connectivity index is 2.51. The van der Waals surface area contributed by atoms with Gasteiger partial charge in [0, 0.05) is 0 Å². The van der Waals surface area contributed by atoms with E-state index in [1.165, 1.54) is 0 Å². The van der Waals surface area contributed by atoms with Crippen LogP contribution in [-0.4, -0.2) is 17.4 Å². The number of rotatable bonds is 7. The highest BCUT2D eigenvalue weighted by Gasteiger charge is 2.27. The number of alkyl carbamates (subject to hydrolysis) is 1. The predicted molar refractivity (Wildman–Crippen MR) is 83.1 cm³/mol. The smallest absolute Gasteiger partial charge is 0.408 e. The van der Waals surface area contributed by atoms with Crippen LogP contribution in [0.4, 0.5) is 4.79 Å². The first-order valence-corrected chi connectivity index (χ1v) is 7.38. The van der Waals surface area contributed by atoms with Crippen molar-refractivity contribution in [2.75, 3.05) is 0 Å². The lowest BCUT2D eigenvalue weighted by molar-refractivity contribution is -0.114. The van der Waals surface area contributed by atoms with Crippen molar-refractivity contribution < 1.29 is 14.3 Å². The summed E-state index contributed by atoms with van der Waals surface area (Å²) in [6.45, 7) is 6.24. The van der Waals surface area contributed by atoms with Gasteiger partial charge in [-0.2, -0.15) is 0 Å². The van der Waals surface area contributed by atoms with Crippen LogP contribution < -0.4 is 5.32 Å². The van der Waals surface area contributed by atoms with Crippen molar-refractivity contribution in [1.29, 1.82) is 0 Å². The summed E-state index contributed by atoms with van der Waals surface area (Å²) in [5.74, 6) is 0. The van der Waals surface area contributed by atoms with Crippen LogP contribution >= 0.6 is 11.6 Å². The molecule has 0 unspecified atom stereocenters. The molecule has 1 rings (SSSR count). The van der Waals surface area contributed by atoms with E-state index in [-0.39, 0.29) is 12.0 Å². The minimum atomic E-state index is -0.732. The van der Waals surface area contributed by atoms with Crippen molar-refractivity contribution >= 4 is 22.9 Å². The van der Waals surface area contributed by atoms with Crippen molar-refractivity contribution in [2.45, 2.75) is 46.3 Å². The zero-order valence-electron chi connectivity index (χ0n) is 12.7. The molecule has 21 heavy (non-hydrogen) atoms. The SMILES string of the molecule is CCC(C)(C)C[C@H](NC(=O)OCc1ccccc1)C(=O)Cl. The van der Waals surface area contributed by atoms with E-state index in [1.807, 2.05) is 51.1 Å². The molecule has 1 aromatic rings. The number of nitrogens with one attached hydrogen (secondary N) is 1. The van der Waals surface area contributed by atoms with Gasteiger partial charge in [0.05, 0.1) is 0 Å². The molecule has 0 bridgehead atoms. The Hall–Kier alpha value is -1.55. The molecule has 1 N–H and O–H groups in total. The summed E-state index contributed by atoms with van der Waals surface area (Å²) >= 11 is 5.56.